The molecule has 94 valence electrons. The molecular weight excluding hydrogens is 275 g/mol. The van der Waals surface area contributed by atoms with Gasteiger partial charge in [0.15, 0.2) is 0 Å². The van der Waals surface area contributed by atoms with E-state index in [1.807, 2.05) is 0 Å². The lowest BCUT2D eigenvalue weighted by Crippen LogP contribution is -2.15. The van der Waals surface area contributed by atoms with Gasteiger partial charge in [-0.05, 0) is 17.7 Å². The molecule has 1 aromatic carbocycles. The molecule has 0 aliphatic rings. The summed E-state index contributed by atoms with van der Waals surface area (Å²) in [5.41, 5.74) is 9.37. The second kappa shape index (κ2) is 6.97. The number of benzene rings is 1. The topological polar surface area (TPSA) is 62.7 Å². The number of halogens is 2. The van der Waals surface area contributed by atoms with Crippen LogP contribution in [0, 0.1) is 0 Å². The lowest BCUT2D eigenvalue weighted by molar-refractivity contribution is -0.137. The molecule has 0 N–H and O–H groups in total. The molecule has 18 heavy (non-hydrogen) atoms. The summed E-state index contributed by atoms with van der Waals surface area (Å²) in [6.07, 6.45) is 3.55. The van der Waals surface area contributed by atoms with Crippen molar-refractivity contribution in [1.29, 1.82) is 0 Å². The maximum Gasteiger partial charge on any atom is 0.416 e. The Balaban J connectivity index is 2.73. The highest BCUT2D eigenvalue weighted by Gasteiger charge is 2.18. The molecule has 0 unspecified atom stereocenters. The monoisotopic (exact) mass is 284 g/mol. The van der Waals surface area contributed by atoms with Crippen LogP contribution in [0.4, 0.5) is 0 Å². The second-order valence-electron chi connectivity index (χ2n) is 3.32. The van der Waals surface area contributed by atoms with Gasteiger partial charge in [0, 0.05) is 0 Å². The smallest absolute Gasteiger partial charge is 0.416 e. The molecule has 0 spiro atoms. The van der Waals surface area contributed by atoms with Gasteiger partial charge in [-0.25, -0.2) is 4.79 Å². The van der Waals surface area contributed by atoms with Gasteiger partial charge in [-0.1, -0.05) is 41.4 Å². The molecule has 1 rings (SSSR count). The molecule has 0 aliphatic carbocycles. The van der Waals surface area contributed by atoms with Crippen LogP contribution in [0.1, 0.15) is 12.0 Å². The van der Waals surface area contributed by atoms with E-state index < -0.39 is 5.97 Å². The van der Waals surface area contributed by atoms with Gasteiger partial charge < -0.3 is 10.3 Å². The number of carbonyl (C=O) groups is 1. The van der Waals surface area contributed by atoms with E-state index in [4.69, 9.17) is 28.7 Å². The van der Waals surface area contributed by atoms with Crippen molar-refractivity contribution in [3.05, 3.63) is 45.4 Å². The van der Waals surface area contributed by atoms with Crippen molar-refractivity contribution in [2.24, 2.45) is 0 Å². The van der Waals surface area contributed by atoms with Crippen LogP contribution < -0.4 is 0 Å². The first-order chi connectivity index (χ1) is 8.58. The first-order valence-electron chi connectivity index (χ1n) is 4.99. The third-order valence-corrected chi connectivity index (χ3v) is 2.85. The highest BCUT2D eigenvalue weighted by molar-refractivity contribution is 6.42. The number of hydrogen-bond donors (Lipinski definition) is 0. The molecule has 1 aromatic rings. The summed E-state index contributed by atoms with van der Waals surface area (Å²) in [4.78, 5) is 14.0. The number of rotatable bonds is 4. The minimum atomic E-state index is -0.670. The number of ether oxygens (including phenoxy) is 1. The summed E-state index contributed by atoms with van der Waals surface area (Å²) < 4.78 is 4.44. The Morgan fingerprint density at radius 2 is 2.17 bits per heavy atom. The molecule has 0 amide bonds. The van der Waals surface area contributed by atoms with Gasteiger partial charge in [-0.3, -0.25) is 0 Å². The van der Waals surface area contributed by atoms with Crippen molar-refractivity contribution in [3.63, 3.8) is 0 Å². The first kappa shape index (κ1) is 14.5. The zero-order valence-corrected chi connectivity index (χ0v) is 11.1. The van der Waals surface area contributed by atoms with E-state index in [-0.39, 0.29) is 12.1 Å². The van der Waals surface area contributed by atoms with Gasteiger partial charge in [0.25, 0.3) is 0 Å². The third-order valence-electron chi connectivity index (χ3n) is 2.11. The van der Waals surface area contributed by atoms with Crippen molar-refractivity contribution in [2.75, 3.05) is 7.11 Å². The zero-order valence-electron chi connectivity index (χ0n) is 9.56. The van der Waals surface area contributed by atoms with Gasteiger partial charge in [0.1, 0.15) is 0 Å². The Morgan fingerprint density at radius 3 is 2.72 bits per heavy atom. The van der Waals surface area contributed by atoms with Crippen LogP contribution >= 0.6 is 23.2 Å². The molecule has 0 atom stereocenters. The van der Waals surface area contributed by atoms with Crippen LogP contribution in [0.2, 0.25) is 10.0 Å². The lowest BCUT2D eigenvalue weighted by Gasteiger charge is -1.97. The summed E-state index contributed by atoms with van der Waals surface area (Å²) in [6.45, 7) is 0. The fraction of sp³-hybridized carbons (Fsp3) is 0.167. The van der Waals surface area contributed by atoms with E-state index in [0.29, 0.717) is 10.0 Å². The summed E-state index contributed by atoms with van der Waals surface area (Å²) in [5.74, 6) is -0.670. The molecule has 0 bridgehead atoms. The van der Waals surface area contributed by atoms with Gasteiger partial charge in [-0.15, -0.1) is 0 Å². The Morgan fingerprint density at radius 1 is 1.44 bits per heavy atom. The number of nitrogens with zero attached hydrogens (tertiary/aromatic N) is 2. The number of carbonyl (C=O) groups excluding carboxylic acids is 1. The Bertz CT molecular complexity index is 535. The predicted octanol–water partition coefficient (Wildman–Crippen LogP) is 3.24. The van der Waals surface area contributed by atoms with Crippen LogP contribution in [-0.4, -0.2) is 23.6 Å². The predicted molar refractivity (Wildman–Crippen MR) is 70.8 cm³/mol. The van der Waals surface area contributed by atoms with Crippen molar-refractivity contribution in [3.8, 4) is 0 Å². The van der Waals surface area contributed by atoms with E-state index in [1.54, 1.807) is 30.4 Å². The molecule has 0 radical (unpaired) electrons. The fourth-order valence-electron chi connectivity index (χ4n) is 1.21. The van der Waals surface area contributed by atoms with Crippen molar-refractivity contribution < 1.29 is 14.3 Å². The van der Waals surface area contributed by atoms with Gasteiger partial charge >= 0.3 is 11.7 Å². The standard InChI is InChI=1S/C12H10Cl2N2O2/c1-18-12(17)11(16-15)4-2-3-8-5-6-9(13)10(14)7-8/h2-3,5-7H,4H2,1H3/b3-2+. The molecular formula is C12H10Cl2N2O2. The van der Waals surface area contributed by atoms with Crippen LogP contribution in [0.15, 0.2) is 24.3 Å². The highest BCUT2D eigenvalue weighted by Crippen LogP contribution is 2.23. The maximum absolute atomic E-state index is 11.1. The second-order valence-corrected chi connectivity index (χ2v) is 4.13. The van der Waals surface area contributed by atoms with Gasteiger partial charge in [-0.2, -0.15) is 4.79 Å². The van der Waals surface area contributed by atoms with E-state index >= 15 is 0 Å². The average Bonchev–Trinajstić information content (AvgIpc) is 2.38. The van der Waals surface area contributed by atoms with Crippen LogP contribution in [0.3, 0.4) is 0 Å². The van der Waals surface area contributed by atoms with Crippen LogP contribution in [-0.2, 0) is 9.53 Å². The molecule has 0 aliphatic heterocycles. The van der Waals surface area contributed by atoms with E-state index in [1.165, 1.54) is 7.11 Å². The summed E-state index contributed by atoms with van der Waals surface area (Å²) in [5, 5.41) is 0.920. The lowest BCUT2D eigenvalue weighted by atomic mass is 10.2. The molecule has 6 heteroatoms. The number of methoxy groups -OCH3 is 1. The van der Waals surface area contributed by atoms with Crippen LogP contribution in [0.25, 0.3) is 11.6 Å². The third kappa shape index (κ3) is 4.00. The van der Waals surface area contributed by atoms with E-state index in [2.05, 4.69) is 9.53 Å². The summed E-state index contributed by atoms with van der Waals surface area (Å²) in [6, 6.07) is 5.14. The molecule has 0 fully saturated rings. The molecule has 0 aromatic heterocycles. The maximum atomic E-state index is 11.1. The SMILES string of the molecule is COC(=O)C(C/C=C/c1ccc(Cl)c(Cl)c1)=[N+]=[N-]. The first-order valence-corrected chi connectivity index (χ1v) is 5.75. The van der Waals surface area contributed by atoms with Crippen molar-refractivity contribution >= 4 is 41.0 Å². The van der Waals surface area contributed by atoms with Crippen LogP contribution in [0.5, 0.6) is 0 Å². The number of esters is 1. The van der Waals surface area contributed by atoms with Crippen molar-refractivity contribution in [1.82, 2.24) is 0 Å². The Labute approximate surface area is 114 Å². The van der Waals surface area contributed by atoms with Crippen molar-refractivity contribution in [2.45, 2.75) is 6.42 Å². The van der Waals surface area contributed by atoms with Gasteiger partial charge in [0.2, 0.25) is 0 Å². The minimum absolute atomic E-state index is 0.0752. The quantitative estimate of drug-likeness (QED) is 0.369. The number of allylic oxidation sites excluding steroid dienone is 1. The molecule has 4 nitrogen and oxygen atoms in total. The number of hydrogen-bond acceptors (Lipinski definition) is 2. The minimum Gasteiger partial charge on any atom is -0.460 e. The molecule has 0 heterocycles. The van der Waals surface area contributed by atoms with E-state index in [9.17, 15) is 4.79 Å². The van der Waals surface area contributed by atoms with Gasteiger partial charge in [0.05, 0.1) is 23.6 Å². The molecule has 0 saturated heterocycles. The largest absolute Gasteiger partial charge is 0.460 e. The highest BCUT2D eigenvalue weighted by atomic mass is 35.5. The Hall–Kier alpha value is -1.61. The zero-order chi connectivity index (χ0) is 13.5. The Kier molecular flexibility index (Phi) is 5.59. The molecule has 0 saturated carbocycles. The summed E-state index contributed by atoms with van der Waals surface area (Å²) >= 11 is 11.6. The normalized spacial score (nSPS) is 10.2. The van der Waals surface area contributed by atoms with E-state index in [0.717, 1.165) is 5.56 Å². The fourth-order valence-corrected chi connectivity index (χ4v) is 1.51. The summed E-state index contributed by atoms with van der Waals surface area (Å²) in [7, 11) is 1.22. The average molecular weight is 285 g/mol.